The Hall–Kier alpha value is -2.36. The number of methoxy groups -OCH3 is 1. The third kappa shape index (κ3) is 2.25. The van der Waals surface area contributed by atoms with Gasteiger partial charge in [0.25, 0.3) is 0 Å². The van der Waals surface area contributed by atoms with E-state index in [0.717, 1.165) is 17.5 Å². The number of anilines is 1. The first-order chi connectivity index (χ1) is 8.24. The largest absolute Gasteiger partial charge is 0.496 e. The summed E-state index contributed by atoms with van der Waals surface area (Å²) in [5, 5.41) is 0. The predicted octanol–water partition coefficient (Wildman–Crippen LogP) is 2.15. The highest BCUT2D eigenvalue weighted by molar-refractivity contribution is 5.82. The highest BCUT2D eigenvalue weighted by Gasteiger charge is 2.06. The second-order valence-corrected chi connectivity index (χ2v) is 3.52. The van der Waals surface area contributed by atoms with E-state index in [1.54, 1.807) is 18.2 Å². The van der Waals surface area contributed by atoms with Crippen LogP contribution in [0.2, 0.25) is 0 Å². The lowest BCUT2D eigenvalue weighted by molar-refractivity contribution is 0.112. The Labute approximate surface area is 99.1 Å². The van der Waals surface area contributed by atoms with Crippen LogP contribution in [0.4, 0.5) is 5.82 Å². The van der Waals surface area contributed by atoms with Gasteiger partial charge in [0.15, 0.2) is 6.29 Å². The molecule has 2 N–H and O–H groups in total. The molecule has 0 amide bonds. The first kappa shape index (κ1) is 11.1. The van der Waals surface area contributed by atoms with Gasteiger partial charge in [0.05, 0.1) is 18.4 Å². The van der Waals surface area contributed by atoms with Crippen LogP contribution in [-0.2, 0) is 0 Å². The molecule has 4 nitrogen and oxygen atoms in total. The summed E-state index contributed by atoms with van der Waals surface area (Å²) >= 11 is 0. The molecular formula is C13H12N2O2. The summed E-state index contributed by atoms with van der Waals surface area (Å²) in [5.74, 6) is 0.999. The lowest BCUT2D eigenvalue weighted by atomic mass is 10.1. The third-order valence-corrected chi connectivity index (χ3v) is 2.42. The Morgan fingerprint density at radius 3 is 2.76 bits per heavy atom. The minimum atomic E-state index is 0.450. The van der Waals surface area contributed by atoms with Crippen molar-refractivity contribution in [1.82, 2.24) is 4.98 Å². The first-order valence-electron chi connectivity index (χ1n) is 5.10. The zero-order chi connectivity index (χ0) is 12.3. The molecule has 2 rings (SSSR count). The summed E-state index contributed by atoms with van der Waals surface area (Å²) in [4.78, 5) is 15.1. The molecule has 0 aliphatic carbocycles. The van der Waals surface area contributed by atoms with Crippen molar-refractivity contribution in [3.8, 4) is 17.0 Å². The molecule has 0 spiro atoms. The molecule has 0 saturated carbocycles. The van der Waals surface area contributed by atoms with Crippen molar-refractivity contribution in [2.75, 3.05) is 12.8 Å². The molecule has 0 saturated heterocycles. The Kier molecular flexibility index (Phi) is 3.05. The second kappa shape index (κ2) is 4.65. The van der Waals surface area contributed by atoms with Crippen LogP contribution in [0.3, 0.4) is 0 Å². The van der Waals surface area contributed by atoms with Crippen molar-refractivity contribution in [2.45, 2.75) is 0 Å². The Bertz CT molecular complexity index is 553. The van der Waals surface area contributed by atoms with Gasteiger partial charge < -0.3 is 10.5 Å². The molecule has 0 bridgehead atoms. The minimum absolute atomic E-state index is 0.450. The molecule has 0 radical (unpaired) electrons. The number of pyridine rings is 1. The van der Waals surface area contributed by atoms with Gasteiger partial charge in [-0.3, -0.25) is 4.79 Å². The van der Waals surface area contributed by atoms with E-state index in [0.29, 0.717) is 17.1 Å². The number of aldehydes is 1. The Morgan fingerprint density at radius 1 is 1.29 bits per heavy atom. The lowest BCUT2D eigenvalue weighted by Gasteiger charge is -2.06. The standard InChI is InChI=1S/C13H12N2O2/c1-17-12-6-5-9(7-10(12)8-16)11-3-2-4-13(14)15-11/h2-8H,1H3,(H2,14,15). The van der Waals surface area contributed by atoms with Gasteiger partial charge >= 0.3 is 0 Å². The average molecular weight is 228 g/mol. The molecule has 0 atom stereocenters. The van der Waals surface area contributed by atoms with E-state index in [2.05, 4.69) is 4.98 Å². The summed E-state index contributed by atoms with van der Waals surface area (Å²) < 4.78 is 5.07. The van der Waals surface area contributed by atoms with Crippen LogP contribution < -0.4 is 10.5 Å². The summed E-state index contributed by atoms with van der Waals surface area (Å²) in [6.45, 7) is 0. The highest BCUT2D eigenvalue weighted by atomic mass is 16.5. The van der Waals surface area contributed by atoms with Crippen LogP contribution in [0.25, 0.3) is 11.3 Å². The predicted molar refractivity (Wildman–Crippen MR) is 66.0 cm³/mol. The SMILES string of the molecule is COc1ccc(-c2cccc(N)n2)cc1C=O. The second-order valence-electron chi connectivity index (χ2n) is 3.52. The number of ether oxygens (including phenoxy) is 1. The number of rotatable bonds is 3. The Morgan fingerprint density at radius 2 is 2.12 bits per heavy atom. The fraction of sp³-hybridized carbons (Fsp3) is 0.0769. The van der Waals surface area contributed by atoms with Crippen LogP contribution in [0, 0.1) is 0 Å². The molecule has 1 aromatic heterocycles. The molecule has 2 aromatic rings. The maximum Gasteiger partial charge on any atom is 0.153 e. The molecule has 17 heavy (non-hydrogen) atoms. The number of carbonyl (C=O) groups is 1. The molecule has 0 fully saturated rings. The van der Waals surface area contributed by atoms with Crippen molar-refractivity contribution in [3.63, 3.8) is 0 Å². The van der Waals surface area contributed by atoms with Crippen LogP contribution in [-0.4, -0.2) is 18.4 Å². The molecule has 0 aliphatic heterocycles. The Balaban J connectivity index is 2.50. The summed E-state index contributed by atoms with van der Waals surface area (Å²) in [7, 11) is 1.53. The number of hydrogen-bond acceptors (Lipinski definition) is 4. The zero-order valence-corrected chi connectivity index (χ0v) is 9.38. The van der Waals surface area contributed by atoms with Gasteiger partial charge in [-0.15, -0.1) is 0 Å². The van der Waals surface area contributed by atoms with Crippen LogP contribution >= 0.6 is 0 Å². The van der Waals surface area contributed by atoms with E-state index in [1.807, 2.05) is 18.2 Å². The number of hydrogen-bond donors (Lipinski definition) is 1. The van der Waals surface area contributed by atoms with E-state index in [9.17, 15) is 4.79 Å². The van der Waals surface area contributed by atoms with Crippen molar-refractivity contribution in [1.29, 1.82) is 0 Å². The van der Waals surface area contributed by atoms with E-state index < -0.39 is 0 Å². The maximum absolute atomic E-state index is 10.9. The molecular weight excluding hydrogens is 216 g/mol. The molecule has 1 heterocycles. The quantitative estimate of drug-likeness (QED) is 0.817. The number of aromatic nitrogens is 1. The number of benzene rings is 1. The number of carbonyl (C=O) groups excluding carboxylic acids is 1. The molecule has 0 aliphatic rings. The fourth-order valence-electron chi connectivity index (χ4n) is 1.60. The van der Waals surface area contributed by atoms with E-state index >= 15 is 0 Å². The summed E-state index contributed by atoms with van der Waals surface area (Å²) in [6, 6.07) is 10.7. The summed E-state index contributed by atoms with van der Waals surface area (Å²) in [6.07, 6.45) is 0.759. The number of nitrogen functional groups attached to an aromatic ring is 1. The maximum atomic E-state index is 10.9. The van der Waals surface area contributed by atoms with E-state index in [-0.39, 0.29) is 0 Å². The van der Waals surface area contributed by atoms with E-state index in [1.165, 1.54) is 7.11 Å². The van der Waals surface area contributed by atoms with Gasteiger partial charge in [-0.05, 0) is 30.3 Å². The number of nitrogens with zero attached hydrogens (tertiary/aromatic N) is 1. The van der Waals surface area contributed by atoms with Crippen molar-refractivity contribution in [2.24, 2.45) is 0 Å². The number of nitrogens with two attached hydrogens (primary N) is 1. The molecule has 86 valence electrons. The van der Waals surface area contributed by atoms with Gasteiger partial charge in [0, 0.05) is 5.56 Å². The van der Waals surface area contributed by atoms with Gasteiger partial charge in [-0.25, -0.2) is 4.98 Å². The monoisotopic (exact) mass is 228 g/mol. The zero-order valence-electron chi connectivity index (χ0n) is 9.38. The highest BCUT2D eigenvalue weighted by Crippen LogP contribution is 2.24. The fourth-order valence-corrected chi connectivity index (χ4v) is 1.60. The van der Waals surface area contributed by atoms with Crippen molar-refractivity contribution >= 4 is 12.1 Å². The average Bonchev–Trinajstić information content (AvgIpc) is 2.38. The molecule has 1 aromatic carbocycles. The van der Waals surface area contributed by atoms with Gasteiger partial charge in [-0.1, -0.05) is 6.07 Å². The van der Waals surface area contributed by atoms with Gasteiger partial charge in [0.1, 0.15) is 11.6 Å². The van der Waals surface area contributed by atoms with Crippen LogP contribution in [0.5, 0.6) is 5.75 Å². The summed E-state index contributed by atoms with van der Waals surface area (Å²) in [5.41, 5.74) is 7.68. The van der Waals surface area contributed by atoms with Gasteiger partial charge in [-0.2, -0.15) is 0 Å². The topological polar surface area (TPSA) is 65.2 Å². The van der Waals surface area contributed by atoms with Crippen molar-refractivity contribution < 1.29 is 9.53 Å². The first-order valence-corrected chi connectivity index (χ1v) is 5.10. The molecule has 4 heteroatoms. The third-order valence-electron chi connectivity index (χ3n) is 2.42. The van der Waals surface area contributed by atoms with Crippen molar-refractivity contribution in [3.05, 3.63) is 42.0 Å². The van der Waals surface area contributed by atoms with Crippen LogP contribution in [0.15, 0.2) is 36.4 Å². The smallest absolute Gasteiger partial charge is 0.153 e. The van der Waals surface area contributed by atoms with Gasteiger partial charge in [0.2, 0.25) is 0 Å². The van der Waals surface area contributed by atoms with E-state index in [4.69, 9.17) is 10.5 Å². The molecule has 0 unspecified atom stereocenters. The normalized spacial score (nSPS) is 9.94. The minimum Gasteiger partial charge on any atom is -0.496 e. The lowest BCUT2D eigenvalue weighted by Crippen LogP contribution is -1.94. The van der Waals surface area contributed by atoms with Crippen LogP contribution in [0.1, 0.15) is 10.4 Å².